The van der Waals surface area contributed by atoms with Crippen molar-refractivity contribution in [2.75, 3.05) is 7.11 Å². The molecule has 0 aliphatic carbocycles. The maximum absolute atomic E-state index is 5.17. The largest absolute Gasteiger partial charge is 0.497 e. The zero-order valence-corrected chi connectivity index (χ0v) is 27.4. The molecule has 41 heavy (non-hydrogen) atoms. The zero-order chi connectivity index (χ0) is 30.9. The lowest BCUT2D eigenvalue weighted by atomic mass is 10.0. The molecule has 0 fully saturated rings. The van der Waals surface area contributed by atoms with Gasteiger partial charge < -0.3 is 10.1 Å². The number of hydrogen-bond donors (Lipinski definition) is 1. The van der Waals surface area contributed by atoms with Crippen molar-refractivity contribution in [3.8, 4) is 5.75 Å². The Balaban J connectivity index is 0.000000728. The molecule has 0 saturated heterocycles. The summed E-state index contributed by atoms with van der Waals surface area (Å²) in [6, 6.07) is 14.7. The Labute approximate surface area is 252 Å². The topological polar surface area (TPSA) is 21.3 Å². The van der Waals surface area contributed by atoms with Crippen LogP contribution in [0.2, 0.25) is 0 Å². The van der Waals surface area contributed by atoms with Gasteiger partial charge in [0.15, 0.2) is 0 Å². The van der Waals surface area contributed by atoms with Crippen molar-refractivity contribution >= 4 is 12.3 Å². The van der Waals surface area contributed by atoms with E-state index in [0.29, 0.717) is 0 Å². The van der Waals surface area contributed by atoms with Crippen LogP contribution in [0.5, 0.6) is 5.75 Å². The first-order valence-corrected chi connectivity index (χ1v) is 15.1. The van der Waals surface area contributed by atoms with Crippen LogP contribution in [0.25, 0.3) is 12.3 Å². The summed E-state index contributed by atoms with van der Waals surface area (Å²) in [5.74, 6) is 0.890. The van der Waals surface area contributed by atoms with Gasteiger partial charge in [-0.2, -0.15) is 0 Å². The summed E-state index contributed by atoms with van der Waals surface area (Å²) < 4.78 is 5.17. The molecule has 2 nitrogen and oxygen atoms in total. The van der Waals surface area contributed by atoms with Gasteiger partial charge in [0.1, 0.15) is 5.75 Å². The highest BCUT2D eigenvalue weighted by molar-refractivity contribution is 5.39. The van der Waals surface area contributed by atoms with Crippen LogP contribution in [-0.2, 0) is 6.54 Å². The van der Waals surface area contributed by atoms with Crippen molar-refractivity contribution in [3.05, 3.63) is 124 Å². The molecule has 0 amide bonds. The maximum atomic E-state index is 5.17. The van der Waals surface area contributed by atoms with Crippen LogP contribution >= 0.6 is 0 Å². The maximum Gasteiger partial charge on any atom is 0.118 e. The lowest BCUT2D eigenvalue weighted by molar-refractivity contribution is 0.414. The molecule has 0 bridgehead atoms. The average molecular weight is 556 g/mol. The molecule has 0 aliphatic rings. The molecular formula is C39H57NO. The lowest BCUT2D eigenvalue weighted by Gasteiger charge is -2.04. The standard InChI is InChI=1S/C19H23NO.C17H28.C3H6/c1-4-5-17-9-6-15(2)12-18(17)14-20-13-16-7-10-19(21-3)11-8-16;1-6-9-10-11-13-16(8-3)14-17(12-7-2)15(4)5;1-3-2/h5-12,14,20H,4,13H2,1-3H3;7-8,12,14H,3,6,9-11,13H2,1-2,4-5H3;3H,1H2,2H3/b17-5+,18-14-;12-7-,16-14+;. The fourth-order valence-corrected chi connectivity index (χ4v) is 3.97. The Morgan fingerprint density at radius 1 is 0.927 bits per heavy atom. The van der Waals surface area contributed by atoms with Gasteiger partial charge >= 0.3 is 0 Å². The van der Waals surface area contributed by atoms with Crippen LogP contribution in [-0.4, -0.2) is 7.11 Å². The van der Waals surface area contributed by atoms with E-state index in [2.05, 4.69) is 121 Å². The second-order valence-electron chi connectivity index (χ2n) is 10.2. The molecule has 0 heterocycles. The summed E-state index contributed by atoms with van der Waals surface area (Å²) in [4.78, 5) is 0. The second-order valence-corrected chi connectivity index (χ2v) is 10.2. The molecule has 0 aromatic heterocycles. The normalized spacial score (nSPS) is 11.7. The first-order chi connectivity index (χ1) is 19.8. The molecule has 0 atom stereocenters. The van der Waals surface area contributed by atoms with E-state index in [1.165, 1.54) is 64.0 Å². The Morgan fingerprint density at radius 3 is 2.15 bits per heavy atom. The van der Waals surface area contributed by atoms with E-state index in [0.717, 1.165) is 25.1 Å². The van der Waals surface area contributed by atoms with E-state index in [1.807, 2.05) is 25.1 Å². The first-order valence-electron chi connectivity index (χ1n) is 15.1. The quantitative estimate of drug-likeness (QED) is 0.151. The summed E-state index contributed by atoms with van der Waals surface area (Å²) in [5, 5.41) is 5.92. The highest BCUT2D eigenvalue weighted by Gasteiger charge is 1.97. The van der Waals surface area contributed by atoms with Crippen LogP contribution in [0.1, 0.15) is 91.2 Å². The molecule has 1 N–H and O–H groups in total. The third kappa shape index (κ3) is 17.7. The zero-order valence-electron chi connectivity index (χ0n) is 27.4. The van der Waals surface area contributed by atoms with Crippen LogP contribution in [0.15, 0.2) is 103 Å². The van der Waals surface area contributed by atoms with Crippen molar-refractivity contribution in [1.29, 1.82) is 0 Å². The van der Waals surface area contributed by atoms with Crippen molar-refractivity contribution in [2.24, 2.45) is 0 Å². The number of nitrogens with one attached hydrogen (secondary N) is 1. The van der Waals surface area contributed by atoms with E-state index < -0.39 is 0 Å². The van der Waals surface area contributed by atoms with Gasteiger partial charge in [-0.3, -0.25) is 0 Å². The summed E-state index contributed by atoms with van der Waals surface area (Å²) >= 11 is 0. The summed E-state index contributed by atoms with van der Waals surface area (Å²) in [6.07, 6.45) is 22.1. The smallest absolute Gasteiger partial charge is 0.118 e. The van der Waals surface area contributed by atoms with Gasteiger partial charge in [-0.15, -0.1) is 6.58 Å². The van der Waals surface area contributed by atoms with Gasteiger partial charge in [-0.1, -0.05) is 118 Å². The number of aryl methyl sites for hydroxylation is 1. The molecule has 2 heteroatoms. The SMILES string of the molecule is C=C/C(=C\C(/C=C\C)=C(C)C)CCCCCC.C=CC.CC/C=c1\ccc(C)c\c1=C\NCc1ccc(OC)cc1. The van der Waals surface area contributed by atoms with E-state index in [1.54, 1.807) is 13.2 Å². The minimum absolute atomic E-state index is 0.809. The fraction of sp³-hybridized carbons (Fsp3) is 0.385. The molecule has 0 aliphatic heterocycles. The number of hydrogen-bond acceptors (Lipinski definition) is 2. The molecule has 2 aromatic carbocycles. The molecule has 0 unspecified atom stereocenters. The highest BCUT2D eigenvalue weighted by atomic mass is 16.5. The minimum atomic E-state index is 0.809. The molecular weight excluding hydrogens is 498 g/mol. The van der Waals surface area contributed by atoms with Crippen LogP contribution in [0, 0.1) is 6.92 Å². The average Bonchev–Trinajstić information content (AvgIpc) is 2.96. The molecule has 224 valence electrons. The van der Waals surface area contributed by atoms with Crippen LogP contribution < -0.4 is 20.5 Å². The number of allylic oxidation sites excluding steroid dienone is 8. The molecule has 0 spiro atoms. The van der Waals surface area contributed by atoms with Crippen molar-refractivity contribution in [3.63, 3.8) is 0 Å². The Bertz CT molecular complexity index is 1210. The predicted molar refractivity (Wildman–Crippen MR) is 186 cm³/mol. The van der Waals surface area contributed by atoms with E-state index >= 15 is 0 Å². The second kappa shape index (κ2) is 24.3. The highest BCUT2D eigenvalue weighted by Crippen LogP contribution is 2.16. The van der Waals surface area contributed by atoms with Gasteiger partial charge in [0.05, 0.1) is 7.11 Å². The Hall–Kier alpha value is -3.52. The number of ether oxygens (including phenoxy) is 1. The Kier molecular flexibility index (Phi) is 22.2. The molecule has 0 radical (unpaired) electrons. The van der Waals surface area contributed by atoms with Gasteiger partial charge in [0, 0.05) is 12.7 Å². The number of unbranched alkanes of at least 4 members (excludes halogenated alkanes) is 3. The third-order valence-corrected chi connectivity index (χ3v) is 6.23. The first kappa shape index (κ1) is 37.5. The lowest BCUT2D eigenvalue weighted by Crippen LogP contribution is -2.27. The molecule has 2 aromatic rings. The summed E-state index contributed by atoms with van der Waals surface area (Å²) in [6.45, 7) is 22.9. The summed E-state index contributed by atoms with van der Waals surface area (Å²) in [5.41, 5.74) is 6.55. The number of methoxy groups -OCH3 is 1. The van der Waals surface area contributed by atoms with Crippen molar-refractivity contribution in [2.45, 2.75) is 93.5 Å². The van der Waals surface area contributed by atoms with E-state index in [-0.39, 0.29) is 0 Å². The van der Waals surface area contributed by atoms with Crippen molar-refractivity contribution in [1.82, 2.24) is 5.32 Å². The fourth-order valence-electron chi connectivity index (χ4n) is 3.97. The third-order valence-electron chi connectivity index (χ3n) is 6.23. The Morgan fingerprint density at radius 2 is 1.61 bits per heavy atom. The van der Waals surface area contributed by atoms with Gasteiger partial charge in [-0.05, 0) is 93.2 Å². The number of rotatable bonds is 13. The van der Waals surface area contributed by atoms with Gasteiger partial charge in [0.25, 0.3) is 0 Å². The van der Waals surface area contributed by atoms with Crippen molar-refractivity contribution < 1.29 is 4.74 Å². The van der Waals surface area contributed by atoms with E-state index in [4.69, 9.17) is 4.74 Å². The van der Waals surface area contributed by atoms with Gasteiger partial charge in [-0.25, -0.2) is 0 Å². The van der Waals surface area contributed by atoms with Crippen LogP contribution in [0.3, 0.4) is 0 Å². The van der Waals surface area contributed by atoms with E-state index in [9.17, 15) is 0 Å². The molecule has 2 rings (SSSR count). The van der Waals surface area contributed by atoms with Gasteiger partial charge in [0.2, 0.25) is 0 Å². The summed E-state index contributed by atoms with van der Waals surface area (Å²) in [7, 11) is 1.69. The predicted octanol–water partition coefficient (Wildman–Crippen LogP) is 9.90. The number of benzene rings is 2. The van der Waals surface area contributed by atoms with Crippen LogP contribution in [0.4, 0.5) is 0 Å². The minimum Gasteiger partial charge on any atom is -0.497 e. The monoisotopic (exact) mass is 555 g/mol. The molecule has 0 saturated carbocycles.